The SMILES string of the molecule is CC(C)CC(=O)N1CCO[C@@H](CN2CCOCC2)[C@@H]1c1cccnc1. The molecule has 2 aliphatic rings. The molecule has 1 amide bonds. The van der Waals surface area contributed by atoms with Crippen LogP contribution < -0.4 is 0 Å². The molecule has 6 heteroatoms. The highest BCUT2D eigenvalue weighted by atomic mass is 16.5. The lowest BCUT2D eigenvalue weighted by atomic mass is 9.97. The van der Waals surface area contributed by atoms with Crippen LogP contribution in [0.3, 0.4) is 0 Å². The van der Waals surface area contributed by atoms with Gasteiger partial charge >= 0.3 is 0 Å². The Labute approximate surface area is 150 Å². The number of morpholine rings is 2. The summed E-state index contributed by atoms with van der Waals surface area (Å²) in [4.78, 5) is 21.5. The lowest BCUT2D eigenvalue weighted by Crippen LogP contribution is -2.53. The van der Waals surface area contributed by atoms with Gasteiger partial charge in [-0.1, -0.05) is 19.9 Å². The first-order valence-corrected chi connectivity index (χ1v) is 9.26. The summed E-state index contributed by atoms with van der Waals surface area (Å²) in [6.45, 7) is 9.58. The number of carbonyl (C=O) groups excluding carboxylic acids is 1. The number of hydrogen-bond acceptors (Lipinski definition) is 5. The van der Waals surface area contributed by atoms with Crippen molar-refractivity contribution in [3.8, 4) is 0 Å². The fraction of sp³-hybridized carbons (Fsp3) is 0.684. The smallest absolute Gasteiger partial charge is 0.223 e. The maximum atomic E-state index is 12.8. The van der Waals surface area contributed by atoms with Gasteiger partial charge in [-0.25, -0.2) is 0 Å². The fourth-order valence-corrected chi connectivity index (χ4v) is 3.62. The van der Waals surface area contributed by atoms with Gasteiger partial charge in [0.2, 0.25) is 5.91 Å². The quantitative estimate of drug-likeness (QED) is 0.812. The highest BCUT2D eigenvalue weighted by molar-refractivity contribution is 5.77. The first-order chi connectivity index (χ1) is 12.1. The molecule has 0 aliphatic carbocycles. The van der Waals surface area contributed by atoms with E-state index in [2.05, 4.69) is 23.7 Å². The number of hydrogen-bond donors (Lipinski definition) is 0. The Morgan fingerprint density at radius 3 is 2.76 bits per heavy atom. The second-order valence-electron chi connectivity index (χ2n) is 7.24. The Morgan fingerprint density at radius 1 is 1.28 bits per heavy atom. The van der Waals surface area contributed by atoms with E-state index in [0.717, 1.165) is 38.4 Å². The van der Waals surface area contributed by atoms with E-state index in [1.54, 1.807) is 6.20 Å². The van der Waals surface area contributed by atoms with E-state index in [0.29, 0.717) is 25.5 Å². The van der Waals surface area contributed by atoms with E-state index < -0.39 is 0 Å². The van der Waals surface area contributed by atoms with Gasteiger partial charge in [-0.05, 0) is 17.5 Å². The molecule has 1 aromatic rings. The first-order valence-electron chi connectivity index (χ1n) is 9.26. The number of rotatable bonds is 5. The molecule has 0 saturated carbocycles. The predicted octanol–water partition coefficient (Wildman–Crippen LogP) is 1.73. The monoisotopic (exact) mass is 347 g/mol. The van der Waals surface area contributed by atoms with E-state index in [4.69, 9.17) is 9.47 Å². The van der Waals surface area contributed by atoms with Crippen molar-refractivity contribution in [3.05, 3.63) is 30.1 Å². The summed E-state index contributed by atoms with van der Waals surface area (Å²) in [6.07, 6.45) is 4.17. The molecular formula is C19H29N3O3. The third kappa shape index (κ3) is 4.77. The number of amides is 1. The van der Waals surface area contributed by atoms with Gasteiger partial charge in [0, 0.05) is 45.0 Å². The van der Waals surface area contributed by atoms with Crippen LogP contribution >= 0.6 is 0 Å². The van der Waals surface area contributed by atoms with Gasteiger partial charge in [0.05, 0.1) is 32.0 Å². The van der Waals surface area contributed by atoms with Crippen LogP contribution in [0.1, 0.15) is 31.9 Å². The Bertz CT molecular complexity index is 546. The average molecular weight is 347 g/mol. The molecule has 2 atom stereocenters. The number of pyridine rings is 1. The highest BCUT2D eigenvalue weighted by Crippen LogP contribution is 2.31. The normalized spacial score (nSPS) is 25.3. The van der Waals surface area contributed by atoms with Crippen LogP contribution in [-0.4, -0.2) is 72.8 Å². The molecule has 0 aromatic carbocycles. The van der Waals surface area contributed by atoms with Crippen molar-refractivity contribution in [1.29, 1.82) is 0 Å². The highest BCUT2D eigenvalue weighted by Gasteiger charge is 2.37. The van der Waals surface area contributed by atoms with Crippen molar-refractivity contribution in [2.24, 2.45) is 5.92 Å². The van der Waals surface area contributed by atoms with E-state index >= 15 is 0 Å². The maximum Gasteiger partial charge on any atom is 0.223 e. The molecule has 25 heavy (non-hydrogen) atoms. The van der Waals surface area contributed by atoms with Crippen molar-refractivity contribution in [2.75, 3.05) is 46.0 Å². The minimum atomic E-state index is -0.0726. The Hall–Kier alpha value is -1.50. The summed E-state index contributed by atoms with van der Waals surface area (Å²) in [5.74, 6) is 0.557. The van der Waals surface area contributed by atoms with Gasteiger partial charge in [0.1, 0.15) is 0 Å². The standard InChI is InChI=1S/C19H29N3O3/c1-15(2)12-18(23)22-8-11-25-17(14-21-6-9-24-10-7-21)19(22)16-4-3-5-20-13-16/h3-5,13,15,17,19H,6-12,14H2,1-2H3/t17-,19-/m0/s1. The molecule has 1 aromatic heterocycles. The molecule has 2 fully saturated rings. The zero-order valence-corrected chi connectivity index (χ0v) is 15.3. The first kappa shape index (κ1) is 18.3. The van der Waals surface area contributed by atoms with Crippen LogP contribution in [0.4, 0.5) is 0 Å². The van der Waals surface area contributed by atoms with Crippen molar-refractivity contribution in [1.82, 2.24) is 14.8 Å². The lowest BCUT2D eigenvalue weighted by Gasteiger charge is -2.43. The minimum Gasteiger partial charge on any atom is -0.379 e. The second kappa shape index (κ2) is 8.74. The van der Waals surface area contributed by atoms with E-state index in [1.165, 1.54) is 0 Å². The third-order valence-electron chi connectivity index (χ3n) is 4.82. The summed E-state index contributed by atoms with van der Waals surface area (Å²) < 4.78 is 11.6. The van der Waals surface area contributed by atoms with Gasteiger partial charge < -0.3 is 14.4 Å². The van der Waals surface area contributed by atoms with Gasteiger partial charge in [-0.15, -0.1) is 0 Å². The number of ether oxygens (including phenoxy) is 2. The Morgan fingerprint density at radius 2 is 2.08 bits per heavy atom. The van der Waals surface area contributed by atoms with Crippen LogP contribution in [0.15, 0.2) is 24.5 Å². The molecule has 0 bridgehead atoms. The van der Waals surface area contributed by atoms with Crippen molar-refractivity contribution in [3.63, 3.8) is 0 Å². The third-order valence-corrected chi connectivity index (χ3v) is 4.82. The average Bonchev–Trinajstić information content (AvgIpc) is 2.62. The minimum absolute atomic E-state index is 0.0350. The van der Waals surface area contributed by atoms with Crippen molar-refractivity contribution < 1.29 is 14.3 Å². The van der Waals surface area contributed by atoms with E-state index in [9.17, 15) is 4.79 Å². The summed E-state index contributed by atoms with van der Waals surface area (Å²) in [5.41, 5.74) is 1.05. The zero-order chi connectivity index (χ0) is 17.6. The summed E-state index contributed by atoms with van der Waals surface area (Å²) in [5, 5.41) is 0. The Balaban J connectivity index is 1.80. The molecule has 138 valence electrons. The maximum absolute atomic E-state index is 12.8. The molecule has 6 nitrogen and oxygen atoms in total. The molecule has 3 rings (SSSR count). The predicted molar refractivity (Wildman–Crippen MR) is 95.1 cm³/mol. The van der Waals surface area contributed by atoms with Crippen LogP contribution in [0.5, 0.6) is 0 Å². The summed E-state index contributed by atoms with van der Waals surface area (Å²) >= 11 is 0. The lowest BCUT2D eigenvalue weighted by molar-refractivity contribution is -0.150. The van der Waals surface area contributed by atoms with Crippen molar-refractivity contribution >= 4 is 5.91 Å². The van der Waals surface area contributed by atoms with Crippen LogP contribution in [-0.2, 0) is 14.3 Å². The number of aromatic nitrogens is 1. The van der Waals surface area contributed by atoms with E-state index in [1.807, 2.05) is 23.2 Å². The van der Waals surface area contributed by atoms with Gasteiger partial charge in [-0.2, -0.15) is 0 Å². The van der Waals surface area contributed by atoms with Crippen LogP contribution in [0.25, 0.3) is 0 Å². The van der Waals surface area contributed by atoms with Crippen LogP contribution in [0, 0.1) is 5.92 Å². The molecule has 3 heterocycles. The number of carbonyl (C=O) groups is 1. The van der Waals surface area contributed by atoms with E-state index in [-0.39, 0.29) is 18.1 Å². The molecular weight excluding hydrogens is 318 g/mol. The van der Waals surface area contributed by atoms with Gasteiger partial charge in [0.15, 0.2) is 0 Å². The summed E-state index contributed by atoms with van der Waals surface area (Å²) in [7, 11) is 0. The second-order valence-corrected chi connectivity index (χ2v) is 7.24. The van der Waals surface area contributed by atoms with Crippen LogP contribution in [0.2, 0.25) is 0 Å². The molecule has 2 saturated heterocycles. The fourth-order valence-electron chi connectivity index (χ4n) is 3.62. The molecule has 2 aliphatic heterocycles. The summed E-state index contributed by atoms with van der Waals surface area (Å²) in [6, 6.07) is 3.91. The van der Waals surface area contributed by atoms with Crippen molar-refractivity contribution in [2.45, 2.75) is 32.4 Å². The van der Waals surface area contributed by atoms with Gasteiger partial charge in [0.25, 0.3) is 0 Å². The molecule has 0 radical (unpaired) electrons. The number of nitrogens with zero attached hydrogens (tertiary/aromatic N) is 3. The molecule has 0 N–H and O–H groups in total. The topological polar surface area (TPSA) is 54.9 Å². The zero-order valence-electron chi connectivity index (χ0n) is 15.3. The molecule has 0 unspecified atom stereocenters. The van der Waals surface area contributed by atoms with Gasteiger partial charge in [-0.3, -0.25) is 14.7 Å². The largest absolute Gasteiger partial charge is 0.379 e. The Kier molecular flexibility index (Phi) is 6.39. The molecule has 0 spiro atoms.